The minimum Gasteiger partial charge on any atom is -0.450 e. The number of benzene rings is 2. The number of hydrogen-bond donors (Lipinski definition) is 1. The maximum atomic E-state index is 13.8. The summed E-state index contributed by atoms with van der Waals surface area (Å²) < 4.78 is 47.4. The van der Waals surface area contributed by atoms with Gasteiger partial charge < -0.3 is 10.2 Å². The Labute approximate surface area is 195 Å². The monoisotopic (exact) mass is 473 g/mol. The van der Waals surface area contributed by atoms with E-state index in [1.165, 1.54) is 55.5 Å². The van der Waals surface area contributed by atoms with Crippen molar-refractivity contribution in [1.82, 2.24) is 5.43 Å². The molecule has 2 aliphatic rings. The Bertz CT molecular complexity index is 1080. The predicted molar refractivity (Wildman–Crippen MR) is 121 cm³/mol. The number of carbonyl (C=O) groups excluding carboxylic acids is 2. The Morgan fingerprint density at radius 2 is 1.76 bits per heavy atom. The predicted octanol–water partition coefficient (Wildman–Crippen LogP) is 4.85. The standard InChI is InChI=1S/C25H26F3N3O3/c1-3-21-24(34-16(2)32,22(30-29-21)18-11-12-18)15-17-9-13-20(14-10-17)31(25(26,27)28)23(33)19-7-5-4-6-8-19/h4-10,13-14,18,21,29H,3,11-12,15H2,1-2H3. The Hall–Kier alpha value is -3.36. The van der Waals surface area contributed by atoms with Gasteiger partial charge in [0, 0.05) is 24.8 Å². The summed E-state index contributed by atoms with van der Waals surface area (Å²) in [5.74, 6) is -1.37. The van der Waals surface area contributed by atoms with Crippen LogP contribution in [0.25, 0.3) is 0 Å². The third-order valence-corrected chi connectivity index (χ3v) is 6.17. The van der Waals surface area contributed by atoms with Crippen LogP contribution in [0.5, 0.6) is 0 Å². The van der Waals surface area contributed by atoms with Crippen LogP contribution in [-0.2, 0) is 16.0 Å². The van der Waals surface area contributed by atoms with Crippen LogP contribution >= 0.6 is 0 Å². The summed E-state index contributed by atoms with van der Waals surface area (Å²) in [4.78, 5) is 24.5. The molecule has 0 radical (unpaired) electrons. The van der Waals surface area contributed by atoms with Crippen LogP contribution in [0.4, 0.5) is 18.9 Å². The molecule has 1 N–H and O–H groups in total. The molecule has 180 valence electrons. The first-order chi connectivity index (χ1) is 16.2. The Kier molecular flexibility index (Phi) is 6.38. The van der Waals surface area contributed by atoms with Crippen LogP contribution in [0.1, 0.15) is 49.0 Å². The molecular weight excluding hydrogens is 447 g/mol. The number of esters is 1. The molecule has 2 aromatic rings. The molecule has 1 heterocycles. The maximum absolute atomic E-state index is 13.8. The van der Waals surface area contributed by atoms with Crippen LogP contribution in [0.2, 0.25) is 0 Å². The fourth-order valence-corrected chi connectivity index (χ4v) is 4.52. The molecule has 0 saturated heterocycles. The highest BCUT2D eigenvalue weighted by molar-refractivity contribution is 6.06. The van der Waals surface area contributed by atoms with Crippen LogP contribution in [0.3, 0.4) is 0 Å². The number of nitrogens with zero attached hydrogens (tertiary/aromatic N) is 2. The van der Waals surface area contributed by atoms with Gasteiger partial charge in [0.05, 0.1) is 17.4 Å². The molecule has 34 heavy (non-hydrogen) atoms. The third-order valence-electron chi connectivity index (χ3n) is 6.17. The van der Waals surface area contributed by atoms with E-state index in [2.05, 4.69) is 10.5 Å². The van der Waals surface area contributed by atoms with Crippen LogP contribution < -0.4 is 10.3 Å². The average Bonchev–Trinajstić information content (AvgIpc) is 3.56. The van der Waals surface area contributed by atoms with E-state index in [4.69, 9.17) is 4.74 Å². The van der Waals surface area contributed by atoms with Gasteiger partial charge in [0.2, 0.25) is 0 Å². The lowest BCUT2D eigenvalue weighted by Gasteiger charge is -2.35. The molecule has 0 aromatic heterocycles. The molecule has 1 aliphatic heterocycles. The van der Waals surface area contributed by atoms with E-state index >= 15 is 0 Å². The summed E-state index contributed by atoms with van der Waals surface area (Å²) in [6.07, 6.45) is -2.06. The summed E-state index contributed by atoms with van der Waals surface area (Å²) in [6, 6.07) is 12.7. The first-order valence-electron chi connectivity index (χ1n) is 11.2. The molecule has 0 bridgehead atoms. The van der Waals surface area contributed by atoms with Gasteiger partial charge in [-0.3, -0.25) is 9.59 Å². The lowest BCUT2D eigenvalue weighted by molar-refractivity contribution is -0.152. The van der Waals surface area contributed by atoms with E-state index in [0.717, 1.165) is 18.6 Å². The Morgan fingerprint density at radius 3 is 2.29 bits per heavy atom. The highest BCUT2D eigenvalue weighted by Gasteiger charge is 2.54. The molecule has 1 amide bonds. The van der Waals surface area contributed by atoms with Crippen LogP contribution in [0.15, 0.2) is 59.7 Å². The summed E-state index contributed by atoms with van der Waals surface area (Å²) in [7, 11) is 0. The number of hydrogen-bond acceptors (Lipinski definition) is 5. The number of carbonyl (C=O) groups is 2. The van der Waals surface area contributed by atoms with Gasteiger partial charge in [0.1, 0.15) is 0 Å². The van der Waals surface area contributed by atoms with Crippen molar-refractivity contribution in [3.63, 3.8) is 0 Å². The molecule has 4 rings (SSSR count). The molecule has 2 unspecified atom stereocenters. The topological polar surface area (TPSA) is 71.0 Å². The van der Waals surface area contributed by atoms with Gasteiger partial charge in [-0.15, -0.1) is 13.2 Å². The largest absolute Gasteiger partial charge is 0.491 e. The lowest BCUT2D eigenvalue weighted by Crippen LogP contribution is -2.54. The second-order valence-electron chi connectivity index (χ2n) is 8.66. The molecule has 6 nitrogen and oxygen atoms in total. The van der Waals surface area contributed by atoms with E-state index in [0.29, 0.717) is 12.0 Å². The van der Waals surface area contributed by atoms with E-state index < -0.39 is 23.8 Å². The zero-order valence-electron chi connectivity index (χ0n) is 18.9. The number of nitrogens with one attached hydrogen (secondary N) is 1. The highest BCUT2D eigenvalue weighted by atomic mass is 19.4. The molecule has 1 fully saturated rings. The van der Waals surface area contributed by atoms with E-state index in [1.807, 2.05) is 6.92 Å². The number of alkyl halides is 3. The van der Waals surface area contributed by atoms with Gasteiger partial charge >= 0.3 is 12.3 Å². The number of anilines is 1. The highest BCUT2D eigenvalue weighted by Crippen LogP contribution is 2.42. The van der Waals surface area contributed by atoms with Crippen molar-refractivity contribution in [2.75, 3.05) is 4.90 Å². The SMILES string of the molecule is CCC1NN=C(C2CC2)C1(Cc1ccc(N(C(=O)c2ccccc2)C(F)(F)F)cc1)OC(C)=O. The maximum Gasteiger partial charge on any atom is 0.491 e. The number of halogens is 3. The van der Waals surface area contributed by atoms with E-state index in [9.17, 15) is 22.8 Å². The van der Waals surface area contributed by atoms with E-state index in [1.54, 1.807) is 6.07 Å². The van der Waals surface area contributed by atoms with Crippen molar-refractivity contribution in [1.29, 1.82) is 0 Å². The molecule has 9 heteroatoms. The fourth-order valence-electron chi connectivity index (χ4n) is 4.52. The van der Waals surface area contributed by atoms with Gasteiger partial charge in [-0.05, 0) is 49.1 Å². The number of rotatable bonds is 7. The van der Waals surface area contributed by atoms with Gasteiger partial charge in [-0.25, -0.2) is 4.90 Å². The van der Waals surface area contributed by atoms with Gasteiger partial charge in [0.15, 0.2) is 5.60 Å². The molecule has 2 atom stereocenters. The quantitative estimate of drug-likeness (QED) is 0.461. The molecule has 0 spiro atoms. The van der Waals surface area contributed by atoms with Crippen molar-refractivity contribution in [3.05, 3.63) is 65.7 Å². The summed E-state index contributed by atoms with van der Waals surface area (Å²) in [5.41, 5.74) is 3.20. The number of hydrazone groups is 1. The van der Waals surface area contributed by atoms with Gasteiger partial charge in [0.25, 0.3) is 5.91 Å². The smallest absolute Gasteiger partial charge is 0.450 e. The minimum atomic E-state index is -4.90. The second kappa shape index (κ2) is 9.12. The van der Waals surface area contributed by atoms with Crippen molar-refractivity contribution >= 4 is 23.3 Å². The zero-order valence-corrected chi connectivity index (χ0v) is 18.9. The van der Waals surface area contributed by atoms with Crippen molar-refractivity contribution in [3.8, 4) is 0 Å². The summed E-state index contributed by atoms with van der Waals surface area (Å²) in [5, 5.41) is 4.48. The number of amides is 1. The Morgan fingerprint density at radius 1 is 1.12 bits per heavy atom. The van der Waals surface area contributed by atoms with Gasteiger partial charge in [-0.2, -0.15) is 5.10 Å². The number of ether oxygens (including phenoxy) is 1. The first kappa shape index (κ1) is 23.8. The zero-order chi connectivity index (χ0) is 24.5. The van der Waals surface area contributed by atoms with Crippen molar-refractivity contribution in [2.24, 2.45) is 11.0 Å². The molecule has 1 saturated carbocycles. The molecule has 2 aromatic carbocycles. The second-order valence-corrected chi connectivity index (χ2v) is 8.66. The summed E-state index contributed by atoms with van der Waals surface area (Å²) >= 11 is 0. The minimum absolute atomic E-state index is 0.0641. The lowest BCUT2D eigenvalue weighted by atomic mass is 9.80. The van der Waals surface area contributed by atoms with Crippen molar-refractivity contribution in [2.45, 2.75) is 57.5 Å². The summed E-state index contributed by atoms with van der Waals surface area (Å²) in [6.45, 7) is 3.30. The van der Waals surface area contributed by atoms with E-state index in [-0.39, 0.29) is 34.5 Å². The molecule has 1 aliphatic carbocycles. The van der Waals surface area contributed by atoms with Crippen LogP contribution in [0, 0.1) is 5.92 Å². The fraction of sp³-hybridized carbons (Fsp3) is 0.400. The molecular formula is C25H26F3N3O3. The third kappa shape index (κ3) is 4.64. The van der Waals surface area contributed by atoms with Crippen molar-refractivity contribution < 1.29 is 27.5 Å². The average molecular weight is 473 g/mol. The normalized spacial score (nSPS) is 22.0. The Balaban J connectivity index is 1.64. The van der Waals surface area contributed by atoms with Crippen LogP contribution in [-0.4, -0.2) is 35.5 Å². The van der Waals surface area contributed by atoms with Gasteiger partial charge in [-0.1, -0.05) is 37.3 Å². The first-order valence-corrected chi connectivity index (χ1v) is 11.2.